The van der Waals surface area contributed by atoms with Gasteiger partial charge in [-0.25, -0.2) is 29.3 Å². The molecule has 0 bridgehead atoms. The number of nitrogens with zero attached hydrogens (tertiary/aromatic N) is 7. The monoisotopic (exact) mass is 833 g/mol. The number of piperidine rings is 1. The molecule has 11 heteroatoms. The molecule has 0 spiro atoms. The highest BCUT2D eigenvalue weighted by Crippen LogP contribution is 2.38. The minimum Gasteiger partial charge on any atom is -0.346 e. The number of fused-ring (bicyclic) bond motifs is 1. The van der Waals surface area contributed by atoms with Gasteiger partial charge in [0.2, 0.25) is 0 Å². The van der Waals surface area contributed by atoms with Crippen molar-refractivity contribution in [2.45, 2.75) is 92.9 Å². The van der Waals surface area contributed by atoms with E-state index in [1.165, 1.54) is 41.5 Å². The zero-order chi connectivity index (χ0) is 44.3. The molecular formula is C51H61FN10. The van der Waals surface area contributed by atoms with Gasteiger partial charge in [-0.2, -0.15) is 0 Å². The summed E-state index contributed by atoms with van der Waals surface area (Å²) in [7, 11) is 2.20. The lowest BCUT2D eigenvalue weighted by Gasteiger charge is -2.29. The number of benzene rings is 2. The summed E-state index contributed by atoms with van der Waals surface area (Å²) in [6.07, 6.45) is 15.9. The number of hydrogen-bond donors (Lipinski definition) is 3. The summed E-state index contributed by atoms with van der Waals surface area (Å²) < 4.78 is 13.2. The van der Waals surface area contributed by atoms with Crippen molar-refractivity contribution < 1.29 is 4.39 Å². The largest absolute Gasteiger partial charge is 0.346 e. The van der Waals surface area contributed by atoms with Crippen LogP contribution in [0.4, 0.5) is 27.4 Å². The number of aryl methyl sites for hydroxylation is 2. The molecule has 5 aromatic heterocycles. The van der Waals surface area contributed by atoms with Crippen molar-refractivity contribution in [2.24, 2.45) is 0 Å². The molecule has 322 valence electrons. The lowest BCUT2D eigenvalue weighted by Crippen LogP contribution is -2.29. The number of aromatic amines is 1. The highest BCUT2D eigenvalue weighted by Gasteiger charge is 2.24. The van der Waals surface area contributed by atoms with Gasteiger partial charge >= 0.3 is 0 Å². The van der Waals surface area contributed by atoms with Crippen LogP contribution in [0.25, 0.3) is 39.9 Å². The van der Waals surface area contributed by atoms with Gasteiger partial charge in [-0.15, -0.1) is 0 Å². The number of halogens is 1. The molecule has 62 heavy (non-hydrogen) atoms. The Labute approximate surface area is 366 Å². The average Bonchev–Trinajstić information content (AvgIpc) is 3.72. The van der Waals surface area contributed by atoms with E-state index in [1.54, 1.807) is 18.3 Å². The molecule has 0 unspecified atom stereocenters. The van der Waals surface area contributed by atoms with Crippen LogP contribution in [-0.2, 0) is 0 Å². The van der Waals surface area contributed by atoms with Gasteiger partial charge in [0.25, 0.3) is 0 Å². The van der Waals surface area contributed by atoms with Crippen LogP contribution in [0.2, 0.25) is 0 Å². The van der Waals surface area contributed by atoms with Crippen molar-refractivity contribution >= 4 is 40.1 Å². The summed E-state index contributed by atoms with van der Waals surface area (Å²) in [6.45, 7) is 20.9. The van der Waals surface area contributed by atoms with Crippen molar-refractivity contribution in [3.63, 3.8) is 0 Å². The van der Waals surface area contributed by atoms with E-state index in [0.29, 0.717) is 17.7 Å². The second-order valence-electron chi connectivity index (χ2n) is 16.2. The summed E-state index contributed by atoms with van der Waals surface area (Å²) in [5.74, 6) is 3.71. The number of hydrogen-bond acceptors (Lipinski definition) is 9. The van der Waals surface area contributed by atoms with Gasteiger partial charge < -0.3 is 20.5 Å². The lowest BCUT2D eigenvalue weighted by molar-refractivity contribution is 0.256. The third kappa shape index (κ3) is 10.8. The number of H-pyrrole nitrogens is 1. The Morgan fingerprint density at radius 2 is 1.26 bits per heavy atom. The van der Waals surface area contributed by atoms with Gasteiger partial charge in [0.1, 0.15) is 23.1 Å². The molecule has 3 N–H and O–H groups in total. The fourth-order valence-electron chi connectivity index (χ4n) is 7.55. The van der Waals surface area contributed by atoms with E-state index in [-0.39, 0.29) is 11.7 Å². The summed E-state index contributed by atoms with van der Waals surface area (Å²) in [4.78, 5) is 33.7. The summed E-state index contributed by atoms with van der Waals surface area (Å²) in [6, 6.07) is 18.6. The van der Waals surface area contributed by atoms with E-state index < -0.39 is 0 Å². The van der Waals surface area contributed by atoms with Gasteiger partial charge in [-0.1, -0.05) is 83.5 Å². The van der Waals surface area contributed by atoms with Crippen molar-refractivity contribution in [3.05, 3.63) is 137 Å². The van der Waals surface area contributed by atoms with Crippen molar-refractivity contribution in [1.29, 1.82) is 0 Å². The fourth-order valence-corrected chi connectivity index (χ4v) is 7.55. The Morgan fingerprint density at radius 1 is 0.726 bits per heavy atom. The standard InChI is InChI=1S/C27H32N6.C22H23FN4.C2H6/c1-17(2)21-15-29-25(20-7-5-18(3)6-8-20)32-26(21)31-23-9-12-28-27-24(23)22(16-30-27)19-10-13-33(4)14-11-19;1-5-6-18-15(4)24-12-11-20(18)26-22-19(14(2)3)13-25-21(27-22)16-7-9-17(23)10-8-16;1-2/h5-9,12,15-17,19H,10-11,13-14H2,1-4H3,(H2,28,29,30,31,32);5-14H,1-4H3,(H,24,25,26,27);1-2H3/b;6-5-;. The highest BCUT2D eigenvalue weighted by atomic mass is 19.1. The Kier molecular flexibility index (Phi) is 15.3. The molecule has 0 saturated carbocycles. The van der Waals surface area contributed by atoms with Crippen molar-refractivity contribution in [1.82, 2.24) is 39.8 Å². The first-order chi connectivity index (χ1) is 30.0. The predicted molar refractivity (Wildman–Crippen MR) is 255 cm³/mol. The van der Waals surface area contributed by atoms with Crippen LogP contribution in [0.5, 0.6) is 0 Å². The lowest BCUT2D eigenvalue weighted by atomic mass is 9.89. The van der Waals surface area contributed by atoms with Gasteiger partial charge in [-0.3, -0.25) is 4.98 Å². The quantitative estimate of drug-likeness (QED) is 0.124. The van der Waals surface area contributed by atoms with Crippen LogP contribution in [-0.4, -0.2) is 59.9 Å². The molecule has 0 atom stereocenters. The number of aromatic nitrogens is 7. The number of nitrogens with one attached hydrogen (secondary N) is 3. The third-order valence-electron chi connectivity index (χ3n) is 11.1. The number of allylic oxidation sites excluding steroid dienone is 1. The zero-order valence-electron chi connectivity index (χ0n) is 37.9. The van der Waals surface area contributed by atoms with E-state index in [0.717, 1.165) is 81.1 Å². The van der Waals surface area contributed by atoms with E-state index in [9.17, 15) is 4.39 Å². The Hall–Kier alpha value is -6.33. The van der Waals surface area contributed by atoms with Crippen LogP contribution in [0.15, 0.2) is 97.7 Å². The molecule has 8 rings (SSSR count). The van der Waals surface area contributed by atoms with Crippen molar-refractivity contribution in [3.8, 4) is 22.8 Å². The zero-order valence-corrected chi connectivity index (χ0v) is 37.9. The van der Waals surface area contributed by atoms with Crippen LogP contribution in [0.3, 0.4) is 0 Å². The third-order valence-corrected chi connectivity index (χ3v) is 11.1. The van der Waals surface area contributed by atoms with Crippen LogP contribution < -0.4 is 10.6 Å². The SMILES string of the molecule is C/C=C\c1c(Nc2nc(-c3ccc(F)cc3)ncc2C(C)C)ccnc1C.CC.Cc1ccc(-c2ncc(C(C)C)c(Nc3ccnc4[nH]cc(C5CCN(C)CC5)c34)n2)cc1. The Morgan fingerprint density at radius 3 is 1.82 bits per heavy atom. The first-order valence-corrected chi connectivity index (χ1v) is 21.8. The Bertz CT molecular complexity index is 2570. The van der Waals surface area contributed by atoms with E-state index in [4.69, 9.17) is 9.97 Å². The van der Waals surface area contributed by atoms with Crippen LogP contribution in [0, 0.1) is 19.7 Å². The number of likely N-dealkylation sites (tertiary alicyclic amines) is 1. The van der Waals surface area contributed by atoms with Gasteiger partial charge in [0, 0.05) is 69.9 Å². The topological polar surface area (TPSA) is 120 Å². The molecule has 10 nitrogen and oxygen atoms in total. The number of pyridine rings is 2. The Balaban J connectivity index is 0.000000203. The normalized spacial score (nSPS) is 13.2. The maximum absolute atomic E-state index is 13.2. The number of rotatable bonds is 10. The molecule has 2 aromatic carbocycles. The molecular weight excluding hydrogens is 772 g/mol. The minimum atomic E-state index is -0.279. The minimum absolute atomic E-state index is 0.253. The molecule has 6 heterocycles. The molecule has 0 amide bonds. The second-order valence-corrected chi connectivity index (χ2v) is 16.2. The van der Waals surface area contributed by atoms with E-state index in [1.807, 2.05) is 64.5 Å². The molecule has 1 aliphatic rings. The van der Waals surface area contributed by atoms with Crippen molar-refractivity contribution in [2.75, 3.05) is 30.8 Å². The predicted octanol–water partition coefficient (Wildman–Crippen LogP) is 12.9. The molecule has 1 aliphatic heterocycles. The molecule has 0 radical (unpaired) electrons. The van der Waals surface area contributed by atoms with Crippen LogP contribution in [0.1, 0.15) is 113 Å². The van der Waals surface area contributed by atoms with E-state index >= 15 is 0 Å². The average molecular weight is 833 g/mol. The number of anilines is 4. The van der Waals surface area contributed by atoms with E-state index in [2.05, 4.69) is 119 Å². The fraction of sp³-hybridized carbons (Fsp3) is 0.333. The van der Waals surface area contributed by atoms with Gasteiger partial charge in [-0.05, 0) is 113 Å². The first kappa shape index (κ1) is 45.2. The molecule has 1 fully saturated rings. The second kappa shape index (κ2) is 21.0. The highest BCUT2D eigenvalue weighted by molar-refractivity contribution is 5.94. The van der Waals surface area contributed by atoms with Crippen LogP contribution >= 0.6 is 0 Å². The summed E-state index contributed by atoms with van der Waals surface area (Å²) in [5, 5.41) is 8.30. The summed E-state index contributed by atoms with van der Waals surface area (Å²) in [5.41, 5.74) is 11.4. The molecule has 7 aromatic rings. The molecule has 1 saturated heterocycles. The van der Waals surface area contributed by atoms with Gasteiger partial charge in [0.05, 0.1) is 11.4 Å². The maximum Gasteiger partial charge on any atom is 0.161 e. The van der Waals surface area contributed by atoms with Gasteiger partial charge in [0.15, 0.2) is 11.6 Å². The smallest absolute Gasteiger partial charge is 0.161 e. The summed E-state index contributed by atoms with van der Waals surface area (Å²) >= 11 is 0. The molecule has 0 aliphatic carbocycles. The first-order valence-electron chi connectivity index (χ1n) is 21.8. The maximum atomic E-state index is 13.2.